The highest BCUT2D eigenvalue weighted by atomic mass is 16.6. The van der Waals surface area contributed by atoms with Crippen LogP contribution in [0.1, 0.15) is 6.92 Å². The van der Waals surface area contributed by atoms with E-state index in [4.69, 9.17) is 4.74 Å². The van der Waals surface area contributed by atoms with E-state index in [-0.39, 0.29) is 0 Å². The van der Waals surface area contributed by atoms with Crippen molar-refractivity contribution in [2.45, 2.75) is 12.8 Å². The van der Waals surface area contributed by atoms with E-state index in [9.17, 15) is 5.11 Å². The third-order valence-corrected chi connectivity index (χ3v) is 1.07. The molecule has 0 spiro atoms. The summed E-state index contributed by atoms with van der Waals surface area (Å²) >= 11 is 0. The molecule has 55 valence electrons. The molecule has 0 bridgehead atoms. The van der Waals surface area contributed by atoms with E-state index in [2.05, 4.69) is 6.92 Å². The quantitative estimate of drug-likeness (QED) is 0.551. The molecule has 0 fully saturated rings. The first-order valence-corrected chi connectivity index (χ1v) is 2.90. The third-order valence-electron chi connectivity index (χ3n) is 1.07. The van der Waals surface area contributed by atoms with Crippen molar-refractivity contribution in [2.24, 2.45) is 0 Å². The van der Waals surface area contributed by atoms with Gasteiger partial charge in [0.05, 0.1) is 0 Å². The van der Waals surface area contributed by atoms with Crippen LogP contribution < -0.4 is 0 Å². The zero-order valence-electron chi connectivity index (χ0n) is 6.22. The molecular formula is C6H14NO2. The standard InChI is InChI=1S/C6H14NO2/c1-5-9-6(2,8)7(3)4/h8H,2,5H2,1,3-4H3. The lowest BCUT2D eigenvalue weighted by Gasteiger charge is -2.29. The van der Waals surface area contributed by atoms with Crippen molar-refractivity contribution in [1.29, 1.82) is 0 Å². The van der Waals surface area contributed by atoms with Crippen LogP contribution in [-0.4, -0.2) is 36.6 Å². The van der Waals surface area contributed by atoms with Crippen molar-refractivity contribution < 1.29 is 9.84 Å². The molecule has 0 rings (SSSR count). The summed E-state index contributed by atoms with van der Waals surface area (Å²) in [6, 6.07) is 0. The molecule has 3 nitrogen and oxygen atoms in total. The minimum atomic E-state index is -1.37. The Bertz CT molecular complexity index is 81.1. The molecule has 0 aromatic heterocycles. The molecule has 0 saturated carbocycles. The first-order chi connectivity index (χ1) is 4.00. The van der Waals surface area contributed by atoms with Crippen LogP contribution in [-0.2, 0) is 4.74 Å². The molecule has 1 N–H and O–H groups in total. The minimum Gasteiger partial charge on any atom is -0.353 e. The highest BCUT2D eigenvalue weighted by molar-refractivity contribution is 4.64. The van der Waals surface area contributed by atoms with Crippen LogP contribution in [0.5, 0.6) is 0 Å². The SMILES string of the molecule is [CH2]C(O)(OCC)N(C)C. The first kappa shape index (κ1) is 8.88. The normalized spacial score (nSPS) is 18.0. The van der Waals surface area contributed by atoms with E-state index < -0.39 is 5.91 Å². The molecule has 0 amide bonds. The summed E-state index contributed by atoms with van der Waals surface area (Å²) in [5, 5.41) is 9.18. The van der Waals surface area contributed by atoms with Gasteiger partial charge in [0.25, 0.3) is 0 Å². The predicted octanol–water partition coefficient (Wildman–Crippen LogP) is 0.0647. The average Bonchev–Trinajstić information content (AvgIpc) is 1.65. The fraction of sp³-hybridized carbons (Fsp3) is 0.833. The number of aliphatic hydroxyl groups is 1. The third kappa shape index (κ3) is 2.79. The number of nitrogens with zero attached hydrogens (tertiary/aromatic N) is 1. The van der Waals surface area contributed by atoms with E-state index in [1.54, 1.807) is 21.0 Å². The summed E-state index contributed by atoms with van der Waals surface area (Å²) in [5.74, 6) is -1.37. The number of ether oxygens (including phenoxy) is 1. The summed E-state index contributed by atoms with van der Waals surface area (Å²) in [7, 11) is 3.39. The molecule has 9 heavy (non-hydrogen) atoms. The van der Waals surface area contributed by atoms with E-state index >= 15 is 0 Å². The Morgan fingerprint density at radius 2 is 2.11 bits per heavy atom. The van der Waals surface area contributed by atoms with Gasteiger partial charge in [0, 0.05) is 13.5 Å². The monoisotopic (exact) mass is 132 g/mol. The Hall–Kier alpha value is -0.120. The first-order valence-electron chi connectivity index (χ1n) is 2.90. The van der Waals surface area contributed by atoms with Crippen molar-refractivity contribution in [2.75, 3.05) is 20.7 Å². The maximum atomic E-state index is 9.18. The topological polar surface area (TPSA) is 32.7 Å². The maximum Gasteiger partial charge on any atom is 0.227 e. The maximum absolute atomic E-state index is 9.18. The van der Waals surface area contributed by atoms with Gasteiger partial charge in [-0.25, -0.2) is 0 Å². The Morgan fingerprint density at radius 3 is 2.22 bits per heavy atom. The van der Waals surface area contributed by atoms with Gasteiger partial charge in [0.1, 0.15) is 0 Å². The lowest BCUT2D eigenvalue weighted by molar-refractivity contribution is -0.245. The van der Waals surface area contributed by atoms with Gasteiger partial charge in [-0.3, -0.25) is 4.90 Å². The molecule has 0 aliphatic heterocycles. The van der Waals surface area contributed by atoms with E-state index in [0.717, 1.165) is 0 Å². The predicted molar refractivity (Wildman–Crippen MR) is 35.6 cm³/mol. The summed E-state index contributed by atoms with van der Waals surface area (Å²) in [4.78, 5) is 1.50. The molecule has 1 unspecified atom stereocenters. The van der Waals surface area contributed by atoms with Crippen LogP contribution >= 0.6 is 0 Å². The van der Waals surface area contributed by atoms with Crippen molar-refractivity contribution in [3.8, 4) is 0 Å². The van der Waals surface area contributed by atoms with Crippen molar-refractivity contribution in [3.05, 3.63) is 6.92 Å². The molecule has 1 radical (unpaired) electrons. The Kier molecular flexibility index (Phi) is 3.11. The van der Waals surface area contributed by atoms with E-state index in [0.29, 0.717) is 6.61 Å². The summed E-state index contributed by atoms with van der Waals surface area (Å²) < 4.78 is 4.86. The average molecular weight is 132 g/mol. The van der Waals surface area contributed by atoms with Gasteiger partial charge in [-0.2, -0.15) is 0 Å². The largest absolute Gasteiger partial charge is 0.353 e. The second-order valence-corrected chi connectivity index (χ2v) is 2.07. The van der Waals surface area contributed by atoms with Crippen LogP contribution in [0.4, 0.5) is 0 Å². The number of hydrogen-bond acceptors (Lipinski definition) is 3. The van der Waals surface area contributed by atoms with Crippen molar-refractivity contribution in [1.82, 2.24) is 4.90 Å². The molecule has 0 saturated heterocycles. The van der Waals surface area contributed by atoms with Crippen LogP contribution in [0, 0.1) is 6.92 Å². The molecular weight excluding hydrogens is 118 g/mol. The summed E-state index contributed by atoms with van der Waals surface area (Å²) in [5.41, 5.74) is 0. The lowest BCUT2D eigenvalue weighted by Crippen LogP contribution is -2.43. The minimum absolute atomic E-state index is 0.457. The lowest BCUT2D eigenvalue weighted by atomic mass is 10.5. The van der Waals surface area contributed by atoms with Gasteiger partial charge in [-0.1, -0.05) is 0 Å². The van der Waals surface area contributed by atoms with Gasteiger partial charge >= 0.3 is 0 Å². The molecule has 0 aliphatic carbocycles. The fourth-order valence-electron chi connectivity index (χ4n) is 0.360. The van der Waals surface area contributed by atoms with Gasteiger partial charge < -0.3 is 9.84 Å². The Labute approximate surface area is 56.2 Å². The second-order valence-electron chi connectivity index (χ2n) is 2.07. The smallest absolute Gasteiger partial charge is 0.227 e. The molecule has 0 aromatic rings. The Balaban J connectivity index is 3.70. The highest BCUT2D eigenvalue weighted by Crippen LogP contribution is 2.06. The zero-order valence-corrected chi connectivity index (χ0v) is 6.22. The van der Waals surface area contributed by atoms with Gasteiger partial charge in [0.15, 0.2) is 0 Å². The van der Waals surface area contributed by atoms with Crippen molar-refractivity contribution in [3.63, 3.8) is 0 Å². The number of rotatable bonds is 3. The summed E-state index contributed by atoms with van der Waals surface area (Å²) in [6.07, 6.45) is 0. The van der Waals surface area contributed by atoms with Gasteiger partial charge in [-0.15, -0.1) is 0 Å². The van der Waals surface area contributed by atoms with Gasteiger partial charge in [-0.05, 0) is 21.0 Å². The summed E-state index contributed by atoms with van der Waals surface area (Å²) in [6.45, 7) is 5.68. The highest BCUT2D eigenvalue weighted by Gasteiger charge is 2.22. The van der Waals surface area contributed by atoms with Crippen LogP contribution in [0.3, 0.4) is 0 Å². The van der Waals surface area contributed by atoms with Crippen LogP contribution in [0.25, 0.3) is 0 Å². The zero-order chi connectivity index (χ0) is 7.49. The van der Waals surface area contributed by atoms with Crippen LogP contribution in [0.15, 0.2) is 0 Å². The second kappa shape index (κ2) is 3.15. The van der Waals surface area contributed by atoms with Crippen molar-refractivity contribution >= 4 is 0 Å². The molecule has 0 aliphatic rings. The fourth-order valence-corrected chi connectivity index (χ4v) is 0.360. The molecule has 3 heteroatoms. The van der Waals surface area contributed by atoms with Gasteiger partial charge in [0.2, 0.25) is 5.91 Å². The molecule has 0 heterocycles. The Morgan fingerprint density at radius 1 is 1.67 bits per heavy atom. The van der Waals surface area contributed by atoms with Crippen LogP contribution in [0.2, 0.25) is 0 Å². The molecule has 1 atom stereocenters. The molecule has 0 aromatic carbocycles. The van der Waals surface area contributed by atoms with E-state index in [1.807, 2.05) is 0 Å². The van der Waals surface area contributed by atoms with E-state index in [1.165, 1.54) is 4.90 Å². The number of hydrogen-bond donors (Lipinski definition) is 1.